The number of aromatic nitrogens is 2. The van der Waals surface area contributed by atoms with E-state index in [0.29, 0.717) is 28.7 Å². The zero-order valence-corrected chi connectivity index (χ0v) is 13.4. The Kier molecular flexibility index (Phi) is 3.85. The number of amides is 1. The van der Waals surface area contributed by atoms with Crippen molar-refractivity contribution in [2.45, 2.75) is 6.54 Å². The van der Waals surface area contributed by atoms with Gasteiger partial charge in [0.2, 0.25) is 0 Å². The number of fused-ring (bicyclic) bond motifs is 3. The minimum Gasteiger partial charge on any atom is -0.334 e. The Morgan fingerprint density at radius 2 is 1.88 bits per heavy atom. The number of benzene rings is 2. The summed E-state index contributed by atoms with van der Waals surface area (Å²) in [5, 5.41) is 8.95. The number of halogens is 2. The molecule has 2 aromatic carbocycles. The largest absolute Gasteiger partial charge is 0.334 e. The van der Waals surface area contributed by atoms with E-state index in [2.05, 4.69) is 4.98 Å². The van der Waals surface area contributed by atoms with Crippen LogP contribution in [0.2, 0.25) is 0 Å². The average molecular weight is 353 g/mol. The van der Waals surface area contributed by atoms with Gasteiger partial charge in [-0.3, -0.25) is 15.0 Å². The minimum absolute atomic E-state index is 0.276. The number of hydrogen-bond donors (Lipinski definition) is 2. The molecule has 130 valence electrons. The van der Waals surface area contributed by atoms with Crippen LogP contribution < -0.4 is 5.48 Å². The van der Waals surface area contributed by atoms with Crippen molar-refractivity contribution in [3.63, 3.8) is 0 Å². The molecule has 7 heteroatoms. The van der Waals surface area contributed by atoms with E-state index in [4.69, 9.17) is 5.21 Å². The van der Waals surface area contributed by atoms with E-state index in [1.807, 2.05) is 0 Å². The zero-order chi connectivity index (χ0) is 18.3. The van der Waals surface area contributed by atoms with Crippen LogP contribution >= 0.6 is 0 Å². The second kappa shape index (κ2) is 6.20. The summed E-state index contributed by atoms with van der Waals surface area (Å²) in [5.74, 6) is -1.92. The summed E-state index contributed by atoms with van der Waals surface area (Å²) in [4.78, 5) is 15.7. The van der Waals surface area contributed by atoms with Crippen LogP contribution in [0.5, 0.6) is 0 Å². The van der Waals surface area contributed by atoms with E-state index >= 15 is 0 Å². The summed E-state index contributed by atoms with van der Waals surface area (Å²) in [5.41, 5.74) is 4.26. The maximum atomic E-state index is 14.3. The molecule has 0 aliphatic heterocycles. The highest BCUT2D eigenvalue weighted by molar-refractivity contribution is 6.06. The monoisotopic (exact) mass is 353 g/mol. The SMILES string of the molecule is O=C(NO)c1ccc(Cn2c3cccnc3c3c(F)cc(F)cc32)cc1. The summed E-state index contributed by atoms with van der Waals surface area (Å²) in [6, 6.07) is 12.2. The zero-order valence-electron chi connectivity index (χ0n) is 13.4. The molecule has 5 nitrogen and oxygen atoms in total. The number of hydrogen-bond acceptors (Lipinski definition) is 3. The van der Waals surface area contributed by atoms with Gasteiger partial charge in [0.1, 0.15) is 11.6 Å². The van der Waals surface area contributed by atoms with Crippen molar-refractivity contribution < 1.29 is 18.8 Å². The van der Waals surface area contributed by atoms with Crippen molar-refractivity contribution >= 4 is 27.8 Å². The van der Waals surface area contributed by atoms with E-state index in [0.717, 1.165) is 11.6 Å². The number of nitrogens with zero attached hydrogens (tertiary/aromatic N) is 2. The van der Waals surface area contributed by atoms with Gasteiger partial charge in [-0.1, -0.05) is 12.1 Å². The van der Waals surface area contributed by atoms with Crippen LogP contribution in [0, 0.1) is 11.6 Å². The van der Waals surface area contributed by atoms with Crippen molar-refractivity contribution in [1.82, 2.24) is 15.0 Å². The molecule has 2 N–H and O–H groups in total. The van der Waals surface area contributed by atoms with Gasteiger partial charge in [0.15, 0.2) is 0 Å². The molecular weight excluding hydrogens is 340 g/mol. The lowest BCUT2D eigenvalue weighted by atomic mass is 10.1. The molecule has 0 fully saturated rings. The van der Waals surface area contributed by atoms with Crippen LogP contribution in [0.3, 0.4) is 0 Å². The number of carbonyl (C=O) groups is 1. The van der Waals surface area contributed by atoms with E-state index < -0.39 is 17.5 Å². The van der Waals surface area contributed by atoms with E-state index in [9.17, 15) is 13.6 Å². The summed E-state index contributed by atoms with van der Waals surface area (Å²) < 4.78 is 29.9. The third-order valence-electron chi connectivity index (χ3n) is 4.30. The number of hydroxylamine groups is 1. The van der Waals surface area contributed by atoms with Gasteiger partial charge in [-0.25, -0.2) is 14.3 Å². The lowest BCUT2D eigenvalue weighted by molar-refractivity contribution is 0.0706. The number of carbonyl (C=O) groups excluding carboxylic acids is 1. The molecule has 0 atom stereocenters. The van der Waals surface area contributed by atoms with Crippen molar-refractivity contribution in [3.05, 3.63) is 77.5 Å². The second-order valence-electron chi connectivity index (χ2n) is 5.88. The molecule has 0 unspecified atom stereocenters. The van der Waals surface area contributed by atoms with E-state index in [-0.39, 0.29) is 5.39 Å². The first-order chi connectivity index (χ1) is 12.6. The van der Waals surface area contributed by atoms with Gasteiger partial charge < -0.3 is 4.57 Å². The van der Waals surface area contributed by atoms with Crippen LogP contribution in [0.15, 0.2) is 54.7 Å². The van der Waals surface area contributed by atoms with Crippen molar-refractivity contribution in [3.8, 4) is 0 Å². The predicted octanol–water partition coefficient (Wildman–Crippen LogP) is 3.64. The smallest absolute Gasteiger partial charge is 0.274 e. The van der Waals surface area contributed by atoms with E-state index in [1.54, 1.807) is 52.6 Å². The fraction of sp³-hybridized carbons (Fsp3) is 0.0526. The second-order valence-corrected chi connectivity index (χ2v) is 5.88. The third-order valence-corrected chi connectivity index (χ3v) is 4.30. The van der Waals surface area contributed by atoms with Gasteiger partial charge in [-0.15, -0.1) is 0 Å². The Balaban J connectivity index is 1.86. The molecule has 0 saturated carbocycles. The van der Waals surface area contributed by atoms with E-state index in [1.165, 1.54) is 6.07 Å². The maximum Gasteiger partial charge on any atom is 0.274 e. The Hall–Kier alpha value is -3.32. The normalized spacial score (nSPS) is 11.2. The highest BCUT2D eigenvalue weighted by Gasteiger charge is 2.17. The van der Waals surface area contributed by atoms with Crippen LogP contribution in [0.1, 0.15) is 15.9 Å². The molecule has 2 heterocycles. The molecule has 0 radical (unpaired) electrons. The Morgan fingerprint density at radius 1 is 1.12 bits per heavy atom. The Morgan fingerprint density at radius 3 is 2.62 bits per heavy atom. The van der Waals surface area contributed by atoms with Gasteiger partial charge in [0.05, 0.1) is 21.9 Å². The Labute approximate surface area is 146 Å². The highest BCUT2D eigenvalue weighted by Crippen LogP contribution is 2.31. The molecule has 0 aliphatic carbocycles. The molecular formula is C19H13F2N3O2. The fourth-order valence-electron chi connectivity index (χ4n) is 3.12. The molecule has 0 spiro atoms. The first-order valence-corrected chi connectivity index (χ1v) is 7.84. The fourth-order valence-corrected chi connectivity index (χ4v) is 3.12. The standard InChI is InChI=1S/C19H13F2N3O2/c20-13-8-14(21)17-16(9-13)24(15-2-1-7-22-18(15)17)10-11-3-5-12(6-4-11)19(25)23-26/h1-9,26H,10H2,(H,23,25). The molecule has 0 bridgehead atoms. The Bertz CT molecular complexity index is 1140. The summed E-state index contributed by atoms with van der Waals surface area (Å²) >= 11 is 0. The van der Waals surface area contributed by atoms with Crippen LogP contribution in [-0.4, -0.2) is 20.7 Å². The number of pyridine rings is 1. The first-order valence-electron chi connectivity index (χ1n) is 7.84. The summed E-state index contributed by atoms with van der Waals surface area (Å²) in [6.07, 6.45) is 1.57. The van der Waals surface area contributed by atoms with Crippen LogP contribution in [0.25, 0.3) is 21.9 Å². The molecule has 0 saturated heterocycles. The third kappa shape index (κ3) is 2.58. The molecule has 4 aromatic rings. The number of nitrogens with one attached hydrogen (secondary N) is 1. The molecule has 26 heavy (non-hydrogen) atoms. The number of rotatable bonds is 3. The molecule has 0 aliphatic rings. The van der Waals surface area contributed by atoms with Gasteiger partial charge in [-0.05, 0) is 35.9 Å². The molecule has 2 aromatic heterocycles. The minimum atomic E-state index is -0.658. The van der Waals surface area contributed by atoms with Crippen LogP contribution in [-0.2, 0) is 6.54 Å². The summed E-state index contributed by atoms with van der Waals surface area (Å²) in [6.45, 7) is 0.343. The van der Waals surface area contributed by atoms with Crippen LogP contribution in [0.4, 0.5) is 8.78 Å². The predicted molar refractivity (Wildman–Crippen MR) is 92.0 cm³/mol. The topological polar surface area (TPSA) is 67.2 Å². The van der Waals surface area contributed by atoms with Gasteiger partial charge in [0.25, 0.3) is 5.91 Å². The van der Waals surface area contributed by atoms with Gasteiger partial charge >= 0.3 is 0 Å². The lowest BCUT2D eigenvalue weighted by Crippen LogP contribution is -2.18. The van der Waals surface area contributed by atoms with Gasteiger partial charge in [0, 0.05) is 24.4 Å². The highest BCUT2D eigenvalue weighted by atomic mass is 19.1. The lowest BCUT2D eigenvalue weighted by Gasteiger charge is -2.08. The average Bonchev–Trinajstić information content (AvgIpc) is 2.95. The van der Waals surface area contributed by atoms with Crippen molar-refractivity contribution in [1.29, 1.82) is 0 Å². The quantitative estimate of drug-likeness (QED) is 0.437. The molecule has 4 rings (SSSR count). The molecule has 1 amide bonds. The van der Waals surface area contributed by atoms with Crippen molar-refractivity contribution in [2.75, 3.05) is 0 Å². The van der Waals surface area contributed by atoms with Crippen molar-refractivity contribution in [2.24, 2.45) is 0 Å². The summed E-state index contributed by atoms with van der Waals surface area (Å²) in [7, 11) is 0. The first kappa shape index (κ1) is 16.2. The maximum absolute atomic E-state index is 14.3. The van der Waals surface area contributed by atoms with Gasteiger partial charge in [-0.2, -0.15) is 0 Å².